The lowest BCUT2D eigenvalue weighted by atomic mass is 10.0. The van der Waals surface area contributed by atoms with E-state index >= 15 is 0 Å². The van der Waals surface area contributed by atoms with E-state index in [1.807, 2.05) is 12.1 Å². The van der Waals surface area contributed by atoms with Crippen LogP contribution >= 0.6 is 0 Å². The Morgan fingerprint density at radius 2 is 1.77 bits per heavy atom. The van der Waals surface area contributed by atoms with Crippen molar-refractivity contribution in [2.45, 2.75) is 13.5 Å². The third-order valence-electron chi connectivity index (χ3n) is 4.21. The Morgan fingerprint density at radius 3 is 2.59 bits per heavy atom. The highest BCUT2D eigenvalue weighted by atomic mass is 19.1. The first kappa shape index (κ1) is 13.1. The van der Waals surface area contributed by atoms with Crippen LogP contribution in [-0.2, 0) is 6.54 Å². The van der Waals surface area contributed by atoms with E-state index in [0.717, 1.165) is 17.7 Å². The average molecular weight is 289 g/mol. The molecule has 1 aliphatic heterocycles. The third kappa shape index (κ3) is 2.08. The Balaban J connectivity index is 1.98. The van der Waals surface area contributed by atoms with E-state index in [4.69, 9.17) is 0 Å². The van der Waals surface area contributed by atoms with Gasteiger partial charge in [0.05, 0.1) is 0 Å². The van der Waals surface area contributed by atoms with E-state index in [-0.39, 0.29) is 5.82 Å². The summed E-state index contributed by atoms with van der Waals surface area (Å²) in [5, 5.41) is 1.23. The zero-order chi connectivity index (χ0) is 15.1. The maximum Gasteiger partial charge on any atom is 0.123 e. The second-order valence-electron chi connectivity index (χ2n) is 5.71. The number of fused-ring (bicyclic) bond motifs is 3. The first-order valence-corrected chi connectivity index (χ1v) is 7.45. The van der Waals surface area contributed by atoms with Gasteiger partial charge < -0.3 is 4.57 Å². The molecule has 0 amide bonds. The third-order valence-corrected chi connectivity index (χ3v) is 4.21. The molecule has 1 nitrogen and oxygen atoms in total. The minimum atomic E-state index is -0.203. The molecule has 0 N–H and O–H groups in total. The van der Waals surface area contributed by atoms with Gasteiger partial charge in [0.15, 0.2) is 0 Å². The fourth-order valence-corrected chi connectivity index (χ4v) is 3.09. The summed E-state index contributed by atoms with van der Waals surface area (Å²) >= 11 is 0. The molecule has 0 saturated heterocycles. The van der Waals surface area contributed by atoms with Gasteiger partial charge in [-0.1, -0.05) is 42.0 Å². The molecule has 3 aromatic rings. The number of para-hydroxylation sites is 1. The molecular weight excluding hydrogens is 273 g/mol. The lowest BCUT2D eigenvalue weighted by Gasteiger charge is -2.10. The number of allylic oxidation sites excluding steroid dienone is 3. The number of aromatic nitrogens is 1. The van der Waals surface area contributed by atoms with Gasteiger partial charge in [0.25, 0.3) is 0 Å². The minimum absolute atomic E-state index is 0.203. The predicted molar refractivity (Wildman–Crippen MR) is 89.2 cm³/mol. The Labute approximate surface area is 129 Å². The first-order chi connectivity index (χ1) is 10.7. The van der Waals surface area contributed by atoms with Crippen molar-refractivity contribution in [1.82, 2.24) is 4.57 Å². The minimum Gasteiger partial charge on any atom is -0.337 e. The number of hydrogen-bond acceptors (Lipinski definition) is 0. The fraction of sp³-hybridized carbons (Fsp3) is 0.100. The Morgan fingerprint density at radius 1 is 1.00 bits per heavy atom. The fourth-order valence-electron chi connectivity index (χ4n) is 3.09. The molecule has 0 bridgehead atoms. The smallest absolute Gasteiger partial charge is 0.123 e. The molecule has 0 atom stereocenters. The second-order valence-corrected chi connectivity index (χ2v) is 5.71. The summed E-state index contributed by atoms with van der Waals surface area (Å²) in [6.45, 7) is 2.97. The monoisotopic (exact) mass is 289 g/mol. The molecule has 1 aromatic heterocycles. The van der Waals surface area contributed by atoms with E-state index in [1.165, 1.54) is 34.3 Å². The Hall–Kier alpha value is -2.61. The molecule has 1 aliphatic rings. The molecule has 0 saturated carbocycles. The maximum atomic E-state index is 13.2. The van der Waals surface area contributed by atoms with Gasteiger partial charge in [-0.3, -0.25) is 0 Å². The number of rotatable bonds is 1. The lowest BCUT2D eigenvalue weighted by molar-refractivity contribution is 0.627. The number of hydrogen-bond donors (Lipinski definition) is 0. The van der Waals surface area contributed by atoms with Gasteiger partial charge in [-0.05, 0) is 42.8 Å². The molecule has 0 spiro atoms. The number of halogens is 1. The van der Waals surface area contributed by atoms with E-state index in [1.54, 1.807) is 0 Å². The van der Waals surface area contributed by atoms with Crippen molar-refractivity contribution in [2.75, 3.05) is 0 Å². The van der Waals surface area contributed by atoms with Gasteiger partial charge in [0.2, 0.25) is 0 Å². The molecule has 0 unspecified atom stereocenters. The van der Waals surface area contributed by atoms with Crippen molar-refractivity contribution < 1.29 is 4.39 Å². The van der Waals surface area contributed by atoms with Crippen molar-refractivity contribution in [2.24, 2.45) is 0 Å². The predicted octanol–water partition coefficient (Wildman–Crippen LogP) is 5.17. The van der Waals surface area contributed by atoms with Crippen LogP contribution in [0.15, 0.2) is 72.3 Å². The van der Waals surface area contributed by atoms with E-state index in [9.17, 15) is 4.39 Å². The van der Waals surface area contributed by atoms with Crippen LogP contribution in [0.5, 0.6) is 0 Å². The van der Waals surface area contributed by atoms with E-state index < -0.39 is 0 Å². The van der Waals surface area contributed by atoms with Crippen LogP contribution in [0.25, 0.3) is 16.5 Å². The zero-order valence-corrected chi connectivity index (χ0v) is 12.4. The highest BCUT2D eigenvalue weighted by Crippen LogP contribution is 2.32. The van der Waals surface area contributed by atoms with Crippen LogP contribution in [0.4, 0.5) is 4.39 Å². The molecule has 4 rings (SSSR count). The molecule has 0 radical (unpaired) electrons. The lowest BCUT2D eigenvalue weighted by Crippen LogP contribution is -2.00. The maximum absolute atomic E-state index is 13.2. The van der Waals surface area contributed by atoms with Crippen molar-refractivity contribution in [1.29, 1.82) is 0 Å². The molecule has 0 fully saturated rings. The zero-order valence-electron chi connectivity index (χ0n) is 12.4. The van der Waals surface area contributed by atoms with Gasteiger partial charge in [-0.2, -0.15) is 0 Å². The molecule has 108 valence electrons. The average Bonchev–Trinajstić information content (AvgIpc) is 2.82. The van der Waals surface area contributed by atoms with Crippen LogP contribution in [0, 0.1) is 5.82 Å². The normalized spacial score (nSPS) is 14.3. The van der Waals surface area contributed by atoms with Crippen LogP contribution in [-0.4, -0.2) is 4.57 Å². The molecule has 2 aromatic carbocycles. The van der Waals surface area contributed by atoms with Crippen LogP contribution in [0.1, 0.15) is 18.2 Å². The summed E-state index contributed by atoms with van der Waals surface area (Å²) in [5.74, 6) is -0.203. The summed E-state index contributed by atoms with van der Waals surface area (Å²) in [4.78, 5) is 0. The molecule has 2 heterocycles. The largest absolute Gasteiger partial charge is 0.337 e. The standard InChI is InChI=1S/C20H16FN/c1-14-10-11-22-19-5-3-2-4-16(19)13-20(22)18(12-14)15-6-8-17(21)9-7-15/h2-10,12-13H,11H2,1H3. The van der Waals surface area contributed by atoms with Crippen molar-refractivity contribution in [3.63, 3.8) is 0 Å². The van der Waals surface area contributed by atoms with Crippen molar-refractivity contribution >= 4 is 16.5 Å². The Kier molecular flexibility index (Phi) is 2.97. The van der Waals surface area contributed by atoms with Crippen LogP contribution < -0.4 is 0 Å². The SMILES string of the molecule is CC1=CCn2c(cc3ccccc32)C(c2ccc(F)cc2)=C1. The molecule has 2 heteroatoms. The van der Waals surface area contributed by atoms with Crippen LogP contribution in [0.2, 0.25) is 0 Å². The summed E-state index contributed by atoms with van der Waals surface area (Å²) in [5.41, 5.74) is 5.83. The summed E-state index contributed by atoms with van der Waals surface area (Å²) in [6, 6.07) is 17.4. The van der Waals surface area contributed by atoms with Gasteiger partial charge in [0, 0.05) is 28.7 Å². The summed E-state index contributed by atoms with van der Waals surface area (Å²) in [7, 11) is 0. The van der Waals surface area contributed by atoms with Crippen LogP contribution in [0.3, 0.4) is 0 Å². The summed E-state index contributed by atoms with van der Waals surface area (Å²) in [6.07, 6.45) is 4.41. The quantitative estimate of drug-likeness (QED) is 0.582. The van der Waals surface area contributed by atoms with E-state index in [2.05, 4.69) is 54.0 Å². The number of benzene rings is 2. The Bertz CT molecular complexity index is 911. The highest BCUT2D eigenvalue weighted by molar-refractivity contribution is 5.90. The van der Waals surface area contributed by atoms with Gasteiger partial charge in [0.1, 0.15) is 5.82 Å². The number of nitrogens with zero attached hydrogens (tertiary/aromatic N) is 1. The molecule has 0 aliphatic carbocycles. The van der Waals surface area contributed by atoms with Crippen molar-refractivity contribution in [3.8, 4) is 0 Å². The second kappa shape index (κ2) is 4.99. The van der Waals surface area contributed by atoms with Crippen molar-refractivity contribution in [3.05, 3.63) is 89.4 Å². The van der Waals surface area contributed by atoms with Gasteiger partial charge in [-0.15, -0.1) is 0 Å². The molecular formula is C20H16FN. The van der Waals surface area contributed by atoms with Gasteiger partial charge >= 0.3 is 0 Å². The van der Waals surface area contributed by atoms with Gasteiger partial charge in [-0.25, -0.2) is 4.39 Å². The topological polar surface area (TPSA) is 4.93 Å². The molecule has 22 heavy (non-hydrogen) atoms. The summed E-state index contributed by atoms with van der Waals surface area (Å²) < 4.78 is 15.6. The van der Waals surface area contributed by atoms with E-state index in [0.29, 0.717) is 0 Å². The highest BCUT2D eigenvalue weighted by Gasteiger charge is 2.15. The first-order valence-electron chi connectivity index (χ1n) is 7.45.